The molecular formula is C19H19N3O2. The topological polar surface area (TPSA) is 47.5 Å². The van der Waals surface area contributed by atoms with Crippen LogP contribution in [-0.4, -0.2) is 36.3 Å². The van der Waals surface area contributed by atoms with Crippen LogP contribution >= 0.6 is 0 Å². The van der Waals surface area contributed by atoms with Gasteiger partial charge < -0.3 is 14.4 Å². The van der Waals surface area contributed by atoms with Crippen molar-refractivity contribution < 1.29 is 9.47 Å². The Labute approximate surface area is 140 Å². The lowest BCUT2D eigenvalue weighted by Gasteiger charge is -2.30. The average Bonchev–Trinajstić information content (AvgIpc) is 2.61. The zero-order chi connectivity index (χ0) is 16.5. The summed E-state index contributed by atoms with van der Waals surface area (Å²) < 4.78 is 11.8. The van der Waals surface area contributed by atoms with Gasteiger partial charge in [0.1, 0.15) is 18.8 Å². The molecule has 0 saturated carbocycles. The van der Waals surface area contributed by atoms with E-state index >= 15 is 0 Å². The number of hydrogen-bond donors (Lipinski definition) is 0. The molecule has 24 heavy (non-hydrogen) atoms. The van der Waals surface area contributed by atoms with Crippen LogP contribution in [0.5, 0.6) is 11.5 Å². The summed E-state index contributed by atoms with van der Waals surface area (Å²) in [6.07, 6.45) is 1.57. The molecule has 0 fully saturated rings. The highest BCUT2D eigenvalue weighted by Gasteiger charge is 2.23. The summed E-state index contributed by atoms with van der Waals surface area (Å²) in [6, 6.07) is 14.0. The molecule has 2 aromatic carbocycles. The fourth-order valence-corrected chi connectivity index (χ4v) is 3.01. The third-order valence-corrected chi connectivity index (χ3v) is 4.18. The van der Waals surface area contributed by atoms with Crippen LogP contribution in [0.25, 0.3) is 10.9 Å². The second kappa shape index (κ2) is 6.00. The molecule has 1 atom stereocenters. The molecule has 0 bridgehead atoms. The van der Waals surface area contributed by atoms with Gasteiger partial charge in [-0.3, -0.25) is 0 Å². The van der Waals surface area contributed by atoms with Crippen LogP contribution in [0.1, 0.15) is 5.56 Å². The number of para-hydroxylation sites is 2. The lowest BCUT2D eigenvalue weighted by atomic mass is 10.1. The molecule has 3 aromatic rings. The number of ether oxygens (including phenoxy) is 2. The van der Waals surface area contributed by atoms with Crippen molar-refractivity contribution in [2.24, 2.45) is 0 Å². The number of fused-ring (bicyclic) bond motifs is 2. The Morgan fingerprint density at radius 2 is 1.96 bits per heavy atom. The highest BCUT2D eigenvalue weighted by molar-refractivity contribution is 5.89. The molecule has 2 heterocycles. The number of nitrogens with zero attached hydrogens (tertiary/aromatic N) is 3. The standard InChI is InChI=1S/C19H19N3O2/c1-13-7-8-16-15(9-13)19(21-12-20-16)22(2)10-14-11-23-17-5-3-4-6-18(17)24-14/h3-9,12,14H,10-11H2,1-2H3. The average molecular weight is 321 g/mol. The molecule has 0 spiro atoms. The summed E-state index contributed by atoms with van der Waals surface area (Å²) in [5.74, 6) is 2.51. The van der Waals surface area contributed by atoms with E-state index < -0.39 is 0 Å². The first-order chi connectivity index (χ1) is 11.7. The summed E-state index contributed by atoms with van der Waals surface area (Å²) >= 11 is 0. The van der Waals surface area contributed by atoms with Gasteiger partial charge in [0.2, 0.25) is 0 Å². The van der Waals surface area contributed by atoms with Gasteiger partial charge in [-0.1, -0.05) is 23.8 Å². The normalized spacial score (nSPS) is 16.2. The maximum atomic E-state index is 6.05. The van der Waals surface area contributed by atoms with Crippen molar-refractivity contribution in [3.8, 4) is 11.5 Å². The molecule has 0 radical (unpaired) electrons. The molecule has 1 aliphatic rings. The van der Waals surface area contributed by atoms with Crippen molar-refractivity contribution in [2.75, 3.05) is 25.1 Å². The first-order valence-corrected chi connectivity index (χ1v) is 8.02. The van der Waals surface area contributed by atoms with Crippen LogP contribution in [0, 0.1) is 6.92 Å². The van der Waals surface area contributed by atoms with Crippen molar-refractivity contribution in [3.63, 3.8) is 0 Å². The zero-order valence-electron chi connectivity index (χ0n) is 13.8. The van der Waals surface area contributed by atoms with Crippen LogP contribution in [0.3, 0.4) is 0 Å². The molecule has 5 heteroatoms. The van der Waals surface area contributed by atoms with Gasteiger partial charge in [-0.25, -0.2) is 9.97 Å². The Bertz CT molecular complexity index is 881. The van der Waals surface area contributed by atoms with Gasteiger partial charge in [0.25, 0.3) is 0 Å². The monoisotopic (exact) mass is 321 g/mol. The fraction of sp³-hybridized carbons (Fsp3) is 0.263. The molecule has 1 unspecified atom stereocenters. The van der Waals surface area contributed by atoms with Crippen molar-refractivity contribution in [1.82, 2.24) is 9.97 Å². The van der Waals surface area contributed by atoms with Crippen molar-refractivity contribution in [2.45, 2.75) is 13.0 Å². The number of aromatic nitrogens is 2. The van der Waals surface area contributed by atoms with Crippen LogP contribution in [0.4, 0.5) is 5.82 Å². The Kier molecular flexibility index (Phi) is 3.69. The van der Waals surface area contributed by atoms with Crippen molar-refractivity contribution in [3.05, 3.63) is 54.4 Å². The zero-order valence-corrected chi connectivity index (χ0v) is 13.8. The summed E-state index contributed by atoms with van der Waals surface area (Å²) in [6.45, 7) is 3.29. The van der Waals surface area contributed by atoms with Crippen molar-refractivity contribution in [1.29, 1.82) is 0 Å². The third-order valence-electron chi connectivity index (χ3n) is 4.18. The fourth-order valence-electron chi connectivity index (χ4n) is 3.01. The highest BCUT2D eigenvalue weighted by atomic mass is 16.6. The van der Waals surface area contributed by atoms with Crippen LogP contribution < -0.4 is 14.4 Å². The van der Waals surface area contributed by atoms with Crippen LogP contribution in [0.15, 0.2) is 48.8 Å². The molecular weight excluding hydrogens is 302 g/mol. The molecule has 0 N–H and O–H groups in total. The molecule has 0 amide bonds. The number of likely N-dealkylation sites (N-methyl/N-ethyl adjacent to an activating group) is 1. The quantitative estimate of drug-likeness (QED) is 0.741. The van der Waals surface area contributed by atoms with E-state index in [1.807, 2.05) is 37.4 Å². The molecule has 4 rings (SSSR count). The molecule has 0 aliphatic carbocycles. The lowest BCUT2D eigenvalue weighted by molar-refractivity contribution is 0.0960. The third kappa shape index (κ3) is 2.73. The molecule has 0 saturated heterocycles. The highest BCUT2D eigenvalue weighted by Crippen LogP contribution is 2.31. The van der Waals surface area contributed by atoms with E-state index in [0.29, 0.717) is 13.2 Å². The smallest absolute Gasteiger partial charge is 0.161 e. The lowest BCUT2D eigenvalue weighted by Crippen LogP contribution is -2.39. The Morgan fingerprint density at radius 3 is 2.83 bits per heavy atom. The summed E-state index contributed by atoms with van der Waals surface area (Å²) in [7, 11) is 2.02. The SMILES string of the molecule is Cc1ccc2ncnc(N(C)CC3COc4ccccc4O3)c2c1. The van der Waals surface area contributed by atoms with E-state index in [1.54, 1.807) is 6.33 Å². The predicted molar refractivity (Wildman–Crippen MR) is 93.9 cm³/mol. The number of anilines is 1. The number of aryl methyl sites for hydroxylation is 1. The van der Waals surface area contributed by atoms with Gasteiger partial charge in [-0.15, -0.1) is 0 Å². The van der Waals surface area contributed by atoms with Crippen LogP contribution in [0.2, 0.25) is 0 Å². The van der Waals surface area contributed by atoms with E-state index in [2.05, 4.69) is 33.9 Å². The Balaban J connectivity index is 1.57. The van der Waals surface area contributed by atoms with Crippen molar-refractivity contribution >= 4 is 16.7 Å². The van der Waals surface area contributed by atoms with E-state index in [9.17, 15) is 0 Å². The molecule has 1 aromatic heterocycles. The minimum atomic E-state index is -0.0419. The van der Waals surface area contributed by atoms with E-state index in [0.717, 1.165) is 28.2 Å². The first-order valence-electron chi connectivity index (χ1n) is 8.02. The second-order valence-corrected chi connectivity index (χ2v) is 6.10. The van der Waals surface area contributed by atoms with Gasteiger partial charge in [0.15, 0.2) is 17.6 Å². The predicted octanol–water partition coefficient (Wildman–Crippen LogP) is 3.21. The molecule has 1 aliphatic heterocycles. The van der Waals surface area contributed by atoms with Gasteiger partial charge in [0.05, 0.1) is 12.1 Å². The Morgan fingerprint density at radius 1 is 1.12 bits per heavy atom. The second-order valence-electron chi connectivity index (χ2n) is 6.10. The summed E-state index contributed by atoms with van der Waals surface area (Å²) in [5, 5.41) is 1.05. The van der Waals surface area contributed by atoms with E-state index in [-0.39, 0.29) is 6.10 Å². The molecule has 5 nitrogen and oxygen atoms in total. The minimum Gasteiger partial charge on any atom is -0.486 e. The van der Waals surface area contributed by atoms with Gasteiger partial charge in [-0.05, 0) is 31.2 Å². The largest absolute Gasteiger partial charge is 0.486 e. The van der Waals surface area contributed by atoms with E-state index in [4.69, 9.17) is 9.47 Å². The van der Waals surface area contributed by atoms with Crippen LogP contribution in [-0.2, 0) is 0 Å². The first kappa shape index (κ1) is 14.8. The van der Waals surface area contributed by atoms with Gasteiger partial charge >= 0.3 is 0 Å². The van der Waals surface area contributed by atoms with E-state index in [1.165, 1.54) is 5.56 Å². The maximum Gasteiger partial charge on any atom is 0.161 e. The summed E-state index contributed by atoms with van der Waals surface area (Å²) in [4.78, 5) is 10.9. The number of rotatable bonds is 3. The Hall–Kier alpha value is -2.82. The summed E-state index contributed by atoms with van der Waals surface area (Å²) in [5.41, 5.74) is 2.14. The number of hydrogen-bond acceptors (Lipinski definition) is 5. The molecule has 122 valence electrons. The maximum absolute atomic E-state index is 6.05. The number of benzene rings is 2. The van der Waals surface area contributed by atoms with Gasteiger partial charge in [-0.2, -0.15) is 0 Å². The minimum absolute atomic E-state index is 0.0419. The van der Waals surface area contributed by atoms with Gasteiger partial charge in [0, 0.05) is 12.4 Å².